The van der Waals surface area contributed by atoms with Crippen LogP contribution in [0.5, 0.6) is 0 Å². The monoisotopic (exact) mass is 229 g/mol. The molecule has 1 heterocycles. The van der Waals surface area contributed by atoms with Crippen LogP contribution in [0.4, 0.5) is 0 Å². The highest BCUT2D eigenvalue weighted by Gasteiger charge is 2.31. The second kappa shape index (κ2) is 6.18. The molecular weight excluding hydrogens is 206 g/mol. The molecule has 5 heteroatoms. The molecule has 1 fully saturated rings. The molecule has 0 aromatic rings. The van der Waals surface area contributed by atoms with Crippen LogP contribution in [0, 0.1) is 5.41 Å². The second-order valence-electron chi connectivity index (χ2n) is 5.02. The lowest BCUT2D eigenvalue weighted by molar-refractivity contribution is -0.121. The topological polar surface area (TPSA) is 67.6 Å². The SMILES string of the molecule is CN1CCC(C)(CCC(=O)NCCON)C1. The Balaban J connectivity index is 2.16. The Morgan fingerprint density at radius 2 is 2.38 bits per heavy atom. The number of nitrogens with one attached hydrogen (secondary N) is 1. The van der Waals surface area contributed by atoms with E-state index in [9.17, 15) is 4.79 Å². The van der Waals surface area contributed by atoms with Gasteiger partial charge in [0.2, 0.25) is 5.91 Å². The minimum atomic E-state index is 0.0906. The van der Waals surface area contributed by atoms with E-state index in [2.05, 4.69) is 29.0 Å². The molecular formula is C11H23N3O2. The van der Waals surface area contributed by atoms with Crippen molar-refractivity contribution in [3.05, 3.63) is 0 Å². The van der Waals surface area contributed by atoms with E-state index in [0.29, 0.717) is 25.0 Å². The van der Waals surface area contributed by atoms with Gasteiger partial charge in [-0.05, 0) is 31.8 Å². The van der Waals surface area contributed by atoms with Crippen molar-refractivity contribution >= 4 is 5.91 Å². The molecule has 1 unspecified atom stereocenters. The summed E-state index contributed by atoms with van der Waals surface area (Å²) in [5.74, 6) is 4.96. The number of carbonyl (C=O) groups excluding carboxylic acids is 1. The van der Waals surface area contributed by atoms with Gasteiger partial charge in [-0.1, -0.05) is 6.92 Å². The van der Waals surface area contributed by atoms with E-state index >= 15 is 0 Å². The number of nitrogens with two attached hydrogens (primary N) is 1. The van der Waals surface area contributed by atoms with Gasteiger partial charge < -0.3 is 15.1 Å². The van der Waals surface area contributed by atoms with Crippen molar-refractivity contribution in [3.8, 4) is 0 Å². The predicted molar refractivity (Wildman–Crippen MR) is 62.6 cm³/mol. The molecule has 0 saturated carbocycles. The zero-order chi connectivity index (χ0) is 12.0. The summed E-state index contributed by atoms with van der Waals surface area (Å²) in [5.41, 5.74) is 0.302. The average Bonchev–Trinajstić information content (AvgIpc) is 2.57. The third-order valence-corrected chi connectivity index (χ3v) is 3.25. The Morgan fingerprint density at radius 3 is 2.94 bits per heavy atom. The summed E-state index contributed by atoms with van der Waals surface area (Å²) in [5, 5.41) is 2.78. The van der Waals surface area contributed by atoms with E-state index in [1.165, 1.54) is 6.42 Å². The molecule has 0 radical (unpaired) electrons. The van der Waals surface area contributed by atoms with E-state index < -0.39 is 0 Å². The molecule has 1 rings (SSSR count). The number of hydrogen-bond donors (Lipinski definition) is 2. The number of amides is 1. The van der Waals surface area contributed by atoms with Crippen LogP contribution in [0.25, 0.3) is 0 Å². The number of hydrogen-bond acceptors (Lipinski definition) is 4. The molecule has 0 aromatic carbocycles. The average molecular weight is 229 g/mol. The van der Waals surface area contributed by atoms with Crippen LogP contribution in [0.1, 0.15) is 26.2 Å². The smallest absolute Gasteiger partial charge is 0.220 e. The zero-order valence-corrected chi connectivity index (χ0v) is 10.3. The van der Waals surface area contributed by atoms with Gasteiger partial charge in [-0.25, -0.2) is 5.90 Å². The van der Waals surface area contributed by atoms with Gasteiger partial charge in [-0.3, -0.25) is 4.79 Å². The van der Waals surface area contributed by atoms with Gasteiger partial charge in [-0.15, -0.1) is 0 Å². The second-order valence-corrected chi connectivity index (χ2v) is 5.02. The van der Waals surface area contributed by atoms with Crippen molar-refractivity contribution in [2.24, 2.45) is 11.3 Å². The summed E-state index contributed by atoms with van der Waals surface area (Å²) in [6.07, 6.45) is 2.73. The third kappa shape index (κ3) is 4.47. The van der Waals surface area contributed by atoms with Gasteiger partial charge >= 0.3 is 0 Å². The normalized spacial score (nSPS) is 25.9. The van der Waals surface area contributed by atoms with Crippen LogP contribution in [0.2, 0.25) is 0 Å². The van der Waals surface area contributed by atoms with Crippen LogP contribution in [0.3, 0.4) is 0 Å². The van der Waals surface area contributed by atoms with E-state index in [4.69, 9.17) is 5.90 Å². The highest BCUT2D eigenvalue weighted by molar-refractivity contribution is 5.75. The molecule has 1 aliphatic rings. The lowest BCUT2D eigenvalue weighted by Crippen LogP contribution is -2.30. The van der Waals surface area contributed by atoms with Gasteiger partial charge in [0.15, 0.2) is 0 Å². The lowest BCUT2D eigenvalue weighted by atomic mass is 9.84. The summed E-state index contributed by atoms with van der Waals surface area (Å²) >= 11 is 0. The van der Waals surface area contributed by atoms with Crippen LogP contribution >= 0.6 is 0 Å². The lowest BCUT2D eigenvalue weighted by Gasteiger charge is -2.23. The van der Waals surface area contributed by atoms with Crippen LogP contribution in [-0.4, -0.2) is 44.1 Å². The highest BCUT2D eigenvalue weighted by atomic mass is 16.6. The van der Waals surface area contributed by atoms with Crippen molar-refractivity contribution in [2.75, 3.05) is 33.3 Å². The Morgan fingerprint density at radius 1 is 1.62 bits per heavy atom. The van der Waals surface area contributed by atoms with Gasteiger partial charge in [0.1, 0.15) is 0 Å². The Hall–Kier alpha value is -0.650. The largest absolute Gasteiger partial charge is 0.354 e. The van der Waals surface area contributed by atoms with Crippen LogP contribution < -0.4 is 11.2 Å². The molecule has 16 heavy (non-hydrogen) atoms. The summed E-state index contributed by atoms with van der Waals surface area (Å²) < 4.78 is 0. The van der Waals surface area contributed by atoms with Crippen molar-refractivity contribution in [3.63, 3.8) is 0 Å². The Kier molecular flexibility index (Phi) is 5.18. The summed E-state index contributed by atoms with van der Waals surface area (Å²) in [6.45, 7) is 5.34. The molecule has 0 spiro atoms. The minimum absolute atomic E-state index is 0.0906. The first-order chi connectivity index (χ1) is 7.56. The molecule has 0 aliphatic carbocycles. The standard InChI is InChI=1S/C11H23N3O2/c1-11(5-7-14(2)9-11)4-3-10(15)13-6-8-16-12/h3-9,12H2,1-2H3,(H,13,15). The fraction of sp³-hybridized carbons (Fsp3) is 0.909. The third-order valence-electron chi connectivity index (χ3n) is 3.25. The van der Waals surface area contributed by atoms with Crippen molar-refractivity contribution in [1.82, 2.24) is 10.2 Å². The minimum Gasteiger partial charge on any atom is -0.354 e. The Labute approximate surface area is 97.3 Å². The number of rotatable bonds is 6. The van der Waals surface area contributed by atoms with E-state index in [0.717, 1.165) is 19.5 Å². The van der Waals surface area contributed by atoms with Crippen LogP contribution in [0.15, 0.2) is 0 Å². The molecule has 1 saturated heterocycles. The molecule has 0 aromatic heterocycles. The zero-order valence-electron chi connectivity index (χ0n) is 10.3. The first-order valence-electron chi connectivity index (χ1n) is 5.83. The maximum absolute atomic E-state index is 11.5. The summed E-state index contributed by atoms with van der Waals surface area (Å²) in [6, 6.07) is 0. The molecule has 3 N–H and O–H groups in total. The quantitative estimate of drug-likeness (QED) is 0.501. The molecule has 1 aliphatic heterocycles. The van der Waals surface area contributed by atoms with E-state index in [1.54, 1.807) is 0 Å². The van der Waals surface area contributed by atoms with Crippen molar-refractivity contribution in [2.45, 2.75) is 26.2 Å². The van der Waals surface area contributed by atoms with Gasteiger partial charge in [0, 0.05) is 19.5 Å². The molecule has 1 amide bonds. The van der Waals surface area contributed by atoms with Crippen molar-refractivity contribution in [1.29, 1.82) is 0 Å². The Bertz CT molecular complexity index is 235. The van der Waals surface area contributed by atoms with Gasteiger partial charge in [0.25, 0.3) is 0 Å². The maximum atomic E-state index is 11.5. The predicted octanol–water partition coefficient (Wildman–Crippen LogP) is 0.115. The van der Waals surface area contributed by atoms with Crippen molar-refractivity contribution < 1.29 is 9.63 Å². The molecule has 1 atom stereocenters. The van der Waals surface area contributed by atoms with E-state index in [1.807, 2.05) is 0 Å². The first-order valence-corrected chi connectivity index (χ1v) is 5.83. The van der Waals surface area contributed by atoms with Gasteiger partial charge in [0.05, 0.1) is 6.61 Å². The number of carbonyl (C=O) groups is 1. The molecule has 94 valence electrons. The molecule has 0 bridgehead atoms. The highest BCUT2D eigenvalue weighted by Crippen LogP contribution is 2.33. The van der Waals surface area contributed by atoms with Crippen LogP contribution in [-0.2, 0) is 9.63 Å². The summed E-state index contributed by atoms with van der Waals surface area (Å²) in [7, 11) is 2.13. The number of likely N-dealkylation sites (tertiary alicyclic amines) is 1. The fourth-order valence-electron chi connectivity index (χ4n) is 2.23. The maximum Gasteiger partial charge on any atom is 0.220 e. The number of nitrogens with zero attached hydrogens (tertiary/aromatic N) is 1. The van der Waals surface area contributed by atoms with Gasteiger partial charge in [-0.2, -0.15) is 0 Å². The van der Waals surface area contributed by atoms with E-state index in [-0.39, 0.29) is 5.91 Å². The molecule has 5 nitrogen and oxygen atoms in total. The first kappa shape index (κ1) is 13.4. The summed E-state index contributed by atoms with van der Waals surface area (Å²) in [4.78, 5) is 18.2. The fourth-order valence-corrected chi connectivity index (χ4v) is 2.23.